The van der Waals surface area contributed by atoms with Gasteiger partial charge >= 0.3 is 0 Å². The summed E-state index contributed by atoms with van der Waals surface area (Å²) in [6, 6.07) is 9.07. The van der Waals surface area contributed by atoms with Gasteiger partial charge in [0.05, 0.1) is 26.5 Å². The highest BCUT2D eigenvalue weighted by atomic mass is 16.5. The third-order valence-electron chi connectivity index (χ3n) is 5.20. The smallest absolute Gasteiger partial charge is 0.251 e. The first-order valence-electron chi connectivity index (χ1n) is 9.39. The van der Waals surface area contributed by atoms with E-state index >= 15 is 0 Å². The van der Waals surface area contributed by atoms with Gasteiger partial charge in [-0.2, -0.15) is 0 Å². The predicted octanol–water partition coefficient (Wildman–Crippen LogP) is 3.50. The first-order valence-corrected chi connectivity index (χ1v) is 9.39. The second-order valence-electron chi connectivity index (χ2n) is 7.06. The molecule has 1 aromatic heterocycles. The minimum absolute atomic E-state index is 0.0314. The molecule has 1 aliphatic heterocycles. The third-order valence-corrected chi connectivity index (χ3v) is 5.20. The number of rotatable bonds is 7. The van der Waals surface area contributed by atoms with Crippen LogP contribution < -0.4 is 14.8 Å². The molecule has 1 N–H and O–H groups in total. The number of likely N-dealkylation sites (tertiary alicyclic amines) is 1. The van der Waals surface area contributed by atoms with Gasteiger partial charge in [0.1, 0.15) is 17.3 Å². The molecule has 0 saturated carbocycles. The van der Waals surface area contributed by atoms with E-state index in [1.165, 1.54) is 0 Å². The van der Waals surface area contributed by atoms with Crippen molar-refractivity contribution in [2.24, 2.45) is 5.92 Å². The molecule has 2 heterocycles. The Hall–Kier alpha value is -2.47. The summed E-state index contributed by atoms with van der Waals surface area (Å²) >= 11 is 0. The number of furan rings is 1. The Morgan fingerprint density at radius 1 is 1.22 bits per heavy atom. The fourth-order valence-electron chi connectivity index (χ4n) is 3.46. The number of carbonyl (C=O) groups is 1. The van der Waals surface area contributed by atoms with Crippen LogP contribution in [0, 0.1) is 5.92 Å². The van der Waals surface area contributed by atoms with Gasteiger partial charge in [-0.15, -0.1) is 0 Å². The summed E-state index contributed by atoms with van der Waals surface area (Å²) in [6.45, 7) is 4.79. The van der Waals surface area contributed by atoms with Crippen molar-refractivity contribution >= 4 is 5.91 Å². The van der Waals surface area contributed by atoms with E-state index in [0.29, 0.717) is 23.6 Å². The molecule has 1 amide bonds. The van der Waals surface area contributed by atoms with Crippen molar-refractivity contribution in [2.75, 3.05) is 33.9 Å². The number of ether oxygens (including phenoxy) is 2. The van der Waals surface area contributed by atoms with Crippen LogP contribution in [0.15, 0.2) is 41.0 Å². The Morgan fingerprint density at radius 2 is 1.89 bits per heavy atom. The van der Waals surface area contributed by atoms with E-state index in [2.05, 4.69) is 17.1 Å². The summed E-state index contributed by atoms with van der Waals surface area (Å²) in [4.78, 5) is 15.1. The second-order valence-corrected chi connectivity index (χ2v) is 7.06. The van der Waals surface area contributed by atoms with E-state index in [0.717, 1.165) is 37.6 Å². The molecule has 146 valence electrons. The zero-order valence-corrected chi connectivity index (χ0v) is 16.2. The van der Waals surface area contributed by atoms with Gasteiger partial charge < -0.3 is 19.2 Å². The van der Waals surface area contributed by atoms with E-state index in [4.69, 9.17) is 13.9 Å². The Kier molecular flexibility index (Phi) is 6.40. The summed E-state index contributed by atoms with van der Waals surface area (Å²) in [6.07, 6.45) is 4.01. The van der Waals surface area contributed by atoms with E-state index < -0.39 is 0 Å². The number of methoxy groups -OCH3 is 2. The molecule has 1 unspecified atom stereocenters. The maximum Gasteiger partial charge on any atom is 0.251 e. The Balaban J connectivity index is 1.71. The lowest BCUT2D eigenvalue weighted by Gasteiger charge is -2.35. The number of hydrogen-bond donors (Lipinski definition) is 1. The first kappa shape index (κ1) is 19.3. The van der Waals surface area contributed by atoms with Crippen LogP contribution in [-0.4, -0.2) is 44.7 Å². The van der Waals surface area contributed by atoms with Gasteiger partial charge in [-0.1, -0.05) is 6.92 Å². The Labute approximate surface area is 160 Å². The molecule has 1 aliphatic rings. The normalized spacial score (nSPS) is 16.7. The molecule has 1 fully saturated rings. The van der Waals surface area contributed by atoms with Crippen molar-refractivity contribution in [1.29, 1.82) is 0 Å². The molecule has 6 heteroatoms. The van der Waals surface area contributed by atoms with E-state index in [9.17, 15) is 4.79 Å². The quantitative estimate of drug-likeness (QED) is 0.806. The van der Waals surface area contributed by atoms with Gasteiger partial charge in [-0.05, 0) is 56.1 Å². The van der Waals surface area contributed by atoms with Crippen LogP contribution >= 0.6 is 0 Å². The van der Waals surface area contributed by atoms with Gasteiger partial charge in [0.25, 0.3) is 5.91 Å². The average molecular weight is 372 g/mol. The average Bonchev–Trinajstić information content (AvgIpc) is 3.23. The van der Waals surface area contributed by atoms with Gasteiger partial charge in [0, 0.05) is 18.2 Å². The molecule has 6 nitrogen and oxygen atoms in total. The van der Waals surface area contributed by atoms with Gasteiger partial charge in [-0.25, -0.2) is 0 Å². The molecular formula is C21H28N2O4. The van der Waals surface area contributed by atoms with Crippen LogP contribution in [0.2, 0.25) is 0 Å². The Bertz CT molecular complexity index is 714. The zero-order valence-electron chi connectivity index (χ0n) is 16.2. The largest absolute Gasteiger partial charge is 0.497 e. The second kappa shape index (κ2) is 8.95. The number of nitrogens with one attached hydrogen (secondary N) is 1. The first-order chi connectivity index (χ1) is 13.1. The van der Waals surface area contributed by atoms with Crippen LogP contribution in [0.4, 0.5) is 0 Å². The monoisotopic (exact) mass is 372 g/mol. The van der Waals surface area contributed by atoms with Crippen molar-refractivity contribution in [2.45, 2.75) is 25.8 Å². The molecule has 1 saturated heterocycles. The van der Waals surface area contributed by atoms with Crippen molar-refractivity contribution in [3.05, 3.63) is 47.9 Å². The number of amides is 1. The molecule has 0 spiro atoms. The molecule has 1 atom stereocenters. The molecular weight excluding hydrogens is 344 g/mol. The van der Waals surface area contributed by atoms with Crippen LogP contribution in [0.1, 0.15) is 41.9 Å². The minimum atomic E-state index is -0.158. The summed E-state index contributed by atoms with van der Waals surface area (Å²) in [5, 5.41) is 3.05. The van der Waals surface area contributed by atoms with Crippen molar-refractivity contribution in [1.82, 2.24) is 10.2 Å². The maximum atomic E-state index is 12.7. The summed E-state index contributed by atoms with van der Waals surface area (Å²) in [5.74, 6) is 2.65. The lowest BCUT2D eigenvalue weighted by Crippen LogP contribution is -2.41. The molecule has 0 aliphatic carbocycles. The van der Waals surface area contributed by atoms with E-state index in [1.807, 2.05) is 12.1 Å². The van der Waals surface area contributed by atoms with Crippen LogP contribution in [0.5, 0.6) is 11.5 Å². The molecule has 0 radical (unpaired) electrons. The summed E-state index contributed by atoms with van der Waals surface area (Å²) in [7, 11) is 3.14. The SMILES string of the molecule is COc1cc(OC)cc(C(=O)NCC(c2ccco2)N2CCC(C)CC2)c1. The molecule has 3 rings (SSSR count). The van der Waals surface area contributed by atoms with E-state index in [-0.39, 0.29) is 11.9 Å². The van der Waals surface area contributed by atoms with Gasteiger partial charge in [0.2, 0.25) is 0 Å². The zero-order chi connectivity index (χ0) is 19.2. The van der Waals surface area contributed by atoms with Gasteiger partial charge in [-0.3, -0.25) is 9.69 Å². The van der Waals surface area contributed by atoms with Crippen LogP contribution in [0.25, 0.3) is 0 Å². The molecule has 0 bridgehead atoms. The highest BCUT2D eigenvalue weighted by Gasteiger charge is 2.27. The molecule has 2 aromatic rings. The highest BCUT2D eigenvalue weighted by Crippen LogP contribution is 2.27. The molecule has 1 aromatic carbocycles. The lowest BCUT2D eigenvalue weighted by molar-refractivity contribution is 0.0895. The third kappa shape index (κ3) is 4.83. The number of piperidine rings is 1. The fraction of sp³-hybridized carbons (Fsp3) is 0.476. The van der Waals surface area contributed by atoms with Crippen LogP contribution in [0.3, 0.4) is 0 Å². The number of carbonyl (C=O) groups excluding carboxylic acids is 1. The standard InChI is InChI=1S/C21H28N2O4/c1-15-6-8-23(9-7-15)19(20-5-4-10-27-20)14-22-21(24)16-11-17(25-2)13-18(12-16)26-3/h4-5,10-13,15,19H,6-9,14H2,1-3H3,(H,22,24). The number of benzene rings is 1. The van der Waals surface area contributed by atoms with Crippen molar-refractivity contribution in [3.8, 4) is 11.5 Å². The van der Waals surface area contributed by atoms with Crippen LogP contribution in [-0.2, 0) is 0 Å². The maximum absolute atomic E-state index is 12.7. The summed E-state index contributed by atoms with van der Waals surface area (Å²) in [5.41, 5.74) is 0.511. The fourth-order valence-corrected chi connectivity index (χ4v) is 3.46. The number of nitrogens with zero attached hydrogens (tertiary/aromatic N) is 1. The van der Waals surface area contributed by atoms with Crippen molar-refractivity contribution < 1.29 is 18.7 Å². The van der Waals surface area contributed by atoms with Crippen molar-refractivity contribution in [3.63, 3.8) is 0 Å². The summed E-state index contributed by atoms with van der Waals surface area (Å²) < 4.78 is 16.2. The van der Waals surface area contributed by atoms with E-state index in [1.54, 1.807) is 38.7 Å². The predicted molar refractivity (Wildman–Crippen MR) is 103 cm³/mol. The highest BCUT2D eigenvalue weighted by molar-refractivity contribution is 5.95. The molecule has 27 heavy (non-hydrogen) atoms. The van der Waals surface area contributed by atoms with Gasteiger partial charge in [0.15, 0.2) is 0 Å². The lowest BCUT2D eigenvalue weighted by atomic mass is 9.97. The minimum Gasteiger partial charge on any atom is -0.497 e. The Morgan fingerprint density at radius 3 is 2.44 bits per heavy atom. The number of hydrogen-bond acceptors (Lipinski definition) is 5. The topological polar surface area (TPSA) is 63.9 Å².